The highest BCUT2D eigenvalue weighted by Gasteiger charge is 2.36. The second-order valence-electron chi connectivity index (χ2n) is 28.6. The van der Waals surface area contributed by atoms with Gasteiger partial charge in [0.1, 0.15) is 0 Å². The van der Waals surface area contributed by atoms with Gasteiger partial charge in [-0.1, -0.05) is 431 Å². The van der Waals surface area contributed by atoms with Gasteiger partial charge in [0.25, 0.3) is 0 Å². The average Bonchev–Trinajstić information content (AvgIpc) is 4.43. The van der Waals surface area contributed by atoms with Crippen molar-refractivity contribution in [1.82, 2.24) is 0 Å². The fraction of sp³-hybridized carbons (Fsp3) is 0.987. The van der Waals surface area contributed by atoms with Crippen molar-refractivity contribution >= 4 is 5.97 Å². The van der Waals surface area contributed by atoms with E-state index in [-0.39, 0.29) is 0 Å². The normalized spacial score (nSPS) is 17.6. The van der Waals surface area contributed by atoms with E-state index in [0.29, 0.717) is 12.8 Å². The number of carbonyl (C=O) groups is 1. The summed E-state index contributed by atoms with van der Waals surface area (Å²) in [6.07, 6.45) is 96.0. The van der Waals surface area contributed by atoms with Gasteiger partial charge < -0.3 is 10.2 Å². The Morgan fingerprint density at radius 1 is 0.259 bits per heavy atom. The van der Waals surface area contributed by atoms with Gasteiger partial charge in [-0.2, -0.15) is 0 Å². The van der Waals surface area contributed by atoms with Gasteiger partial charge in [-0.05, 0) is 49.4 Å². The summed E-state index contributed by atoms with van der Waals surface area (Å²) in [7, 11) is 0. The molecule has 0 aliphatic heterocycles. The van der Waals surface area contributed by atoms with Crippen LogP contribution in [0, 0.1) is 29.6 Å². The third kappa shape index (κ3) is 53.4. The minimum atomic E-state index is -0.795. The molecule has 2 fully saturated rings. The van der Waals surface area contributed by atoms with E-state index < -0.39 is 18.0 Å². The zero-order chi connectivity index (χ0) is 57.8. The molecule has 0 heterocycles. The maximum absolute atomic E-state index is 12.0. The van der Waals surface area contributed by atoms with Crippen molar-refractivity contribution in [3.8, 4) is 0 Å². The standard InChI is InChI=1S/C78H152O3/c1-3-5-7-9-11-13-15-17-19-21-23-24-25-26-28-30-32-38-44-50-56-62-68-76(78(80)81)77(79)69-63-57-51-45-39-43-49-55-61-67-75-71-74(75)66-60-54-48-42-37-34-33-36-41-47-53-59-65-73-70-72(73)64-58-52-46-40-35-31-29-27-22-20-18-16-14-12-10-8-6-4-2/h72-77,79H,3-71H2,1-2H3,(H,80,81)/t72-,73+,74-,75+,76+,77+/m0/s1. The Kier molecular flexibility index (Phi) is 57.7. The largest absolute Gasteiger partial charge is 0.481 e. The lowest BCUT2D eigenvalue weighted by Crippen LogP contribution is -2.28. The molecule has 0 spiro atoms. The van der Waals surface area contributed by atoms with Crippen molar-refractivity contribution in [3.63, 3.8) is 0 Å². The molecule has 0 aromatic carbocycles. The van der Waals surface area contributed by atoms with Gasteiger partial charge in [0.15, 0.2) is 0 Å². The van der Waals surface area contributed by atoms with Crippen LogP contribution < -0.4 is 0 Å². The van der Waals surface area contributed by atoms with Crippen LogP contribution in [0.5, 0.6) is 0 Å². The van der Waals surface area contributed by atoms with E-state index in [4.69, 9.17) is 0 Å². The highest BCUT2D eigenvalue weighted by atomic mass is 16.4. The molecule has 0 aromatic rings. The Bertz CT molecular complexity index is 1230. The van der Waals surface area contributed by atoms with Gasteiger partial charge in [0.2, 0.25) is 0 Å². The van der Waals surface area contributed by atoms with Crippen molar-refractivity contribution in [2.75, 3.05) is 0 Å². The lowest BCUT2D eigenvalue weighted by molar-refractivity contribution is -0.146. The van der Waals surface area contributed by atoms with Crippen LogP contribution in [0.15, 0.2) is 0 Å². The van der Waals surface area contributed by atoms with E-state index in [1.807, 2.05) is 0 Å². The SMILES string of the molecule is CCCCCCCCCCCCCCCCCCCCCCCC[C@@H](C(=O)O)[C@H](O)CCCCCCCCCCC[C@@H]1C[C@@H]1CCCCCCCCCCCCCC[C@@H]1C[C@@H]1CCCCCCCCCCCCCCCCCCCC. The number of aliphatic hydroxyl groups is 1. The van der Waals surface area contributed by atoms with Crippen molar-refractivity contribution < 1.29 is 15.0 Å². The average molecular weight is 1140 g/mol. The quantitative estimate of drug-likeness (QED) is 0.0597. The first kappa shape index (κ1) is 76.5. The Morgan fingerprint density at radius 2 is 0.420 bits per heavy atom. The third-order valence-electron chi connectivity index (χ3n) is 20.7. The molecule has 3 heteroatoms. The number of rotatable bonds is 71. The highest BCUT2D eigenvalue weighted by Crippen LogP contribution is 2.47. The summed E-state index contributed by atoms with van der Waals surface area (Å²) in [6, 6.07) is 0. The molecule has 0 unspecified atom stereocenters. The Morgan fingerprint density at radius 3 is 0.605 bits per heavy atom. The number of carboxylic acid groups (broad SMARTS) is 1. The topological polar surface area (TPSA) is 57.5 Å². The predicted octanol–water partition coefficient (Wildman–Crippen LogP) is 27.5. The summed E-state index contributed by atoms with van der Waals surface area (Å²) in [6.45, 7) is 4.61. The number of carboxylic acids is 1. The highest BCUT2D eigenvalue weighted by molar-refractivity contribution is 5.70. The summed E-state index contributed by atoms with van der Waals surface area (Å²) in [5, 5.41) is 20.6. The molecule has 0 radical (unpaired) electrons. The van der Waals surface area contributed by atoms with Gasteiger partial charge in [0.05, 0.1) is 12.0 Å². The van der Waals surface area contributed by atoms with Gasteiger partial charge in [-0.3, -0.25) is 4.79 Å². The van der Waals surface area contributed by atoms with Crippen LogP contribution in [0.1, 0.15) is 457 Å². The van der Waals surface area contributed by atoms with E-state index in [1.165, 1.54) is 385 Å². The predicted molar refractivity (Wildman–Crippen MR) is 361 cm³/mol. The molecular weight excluding hydrogens is 985 g/mol. The second kappa shape index (κ2) is 61.1. The summed E-state index contributed by atoms with van der Waals surface area (Å²) in [5.74, 6) is 2.99. The van der Waals surface area contributed by atoms with Crippen LogP contribution in [-0.4, -0.2) is 22.3 Å². The van der Waals surface area contributed by atoms with Gasteiger partial charge in [-0.25, -0.2) is 0 Å². The van der Waals surface area contributed by atoms with E-state index in [2.05, 4.69) is 13.8 Å². The summed E-state index contributed by atoms with van der Waals surface area (Å²) >= 11 is 0. The van der Waals surface area contributed by atoms with Crippen LogP contribution in [-0.2, 0) is 4.79 Å². The molecule has 0 aromatic heterocycles. The summed E-state index contributed by atoms with van der Waals surface area (Å²) in [5.41, 5.74) is 0. The molecule has 3 nitrogen and oxygen atoms in total. The van der Waals surface area contributed by atoms with Crippen molar-refractivity contribution in [3.05, 3.63) is 0 Å². The summed E-state index contributed by atoms with van der Waals surface area (Å²) in [4.78, 5) is 12.0. The summed E-state index contributed by atoms with van der Waals surface area (Å²) < 4.78 is 0. The van der Waals surface area contributed by atoms with Gasteiger partial charge in [0, 0.05) is 0 Å². The smallest absolute Gasteiger partial charge is 0.309 e. The molecule has 2 aliphatic carbocycles. The molecule has 2 aliphatic rings. The first-order chi connectivity index (χ1) is 40.1. The lowest BCUT2D eigenvalue weighted by atomic mass is 9.91. The molecule has 0 saturated heterocycles. The first-order valence-electron chi connectivity index (χ1n) is 39.0. The number of unbranched alkanes of at least 4 members (excludes halogenated alkanes) is 57. The minimum absolute atomic E-state index is 0.580. The number of aliphatic hydroxyl groups excluding tert-OH is 1. The van der Waals surface area contributed by atoms with E-state index in [0.717, 1.165) is 49.4 Å². The third-order valence-corrected chi connectivity index (χ3v) is 20.7. The first-order valence-corrected chi connectivity index (χ1v) is 39.0. The van der Waals surface area contributed by atoms with Crippen molar-refractivity contribution in [1.29, 1.82) is 0 Å². The molecule has 2 N–H and O–H groups in total. The maximum atomic E-state index is 12.0. The van der Waals surface area contributed by atoms with Crippen LogP contribution in [0.25, 0.3) is 0 Å². The van der Waals surface area contributed by atoms with Crippen LogP contribution in [0.2, 0.25) is 0 Å². The number of hydrogen-bond donors (Lipinski definition) is 2. The fourth-order valence-electron chi connectivity index (χ4n) is 14.6. The second-order valence-corrected chi connectivity index (χ2v) is 28.6. The molecule has 2 saturated carbocycles. The zero-order valence-electron chi connectivity index (χ0n) is 56.1. The Hall–Kier alpha value is -0.570. The molecule has 482 valence electrons. The van der Waals surface area contributed by atoms with E-state index in [1.54, 1.807) is 19.3 Å². The monoisotopic (exact) mass is 1140 g/mol. The van der Waals surface area contributed by atoms with Crippen molar-refractivity contribution in [2.24, 2.45) is 29.6 Å². The van der Waals surface area contributed by atoms with Crippen LogP contribution in [0.4, 0.5) is 0 Å². The molecular formula is C78H152O3. The number of hydrogen-bond acceptors (Lipinski definition) is 2. The van der Waals surface area contributed by atoms with Gasteiger partial charge in [-0.15, -0.1) is 0 Å². The van der Waals surface area contributed by atoms with Gasteiger partial charge >= 0.3 is 5.97 Å². The zero-order valence-corrected chi connectivity index (χ0v) is 56.1. The lowest BCUT2D eigenvalue weighted by Gasteiger charge is -2.19. The minimum Gasteiger partial charge on any atom is -0.481 e. The van der Waals surface area contributed by atoms with Crippen LogP contribution in [0.3, 0.4) is 0 Å². The molecule has 2 rings (SSSR count). The molecule has 6 atom stereocenters. The van der Waals surface area contributed by atoms with Crippen molar-refractivity contribution in [2.45, 2.75) is 463 Å². The van der Waals surface area contributed by atoms with E-state index >= 15 is 0 Å². The molecule has 0 bridgehead atoms. The molecule has 81 heavy (non-hydrogen) atoms. The van der Waals surface area contributed by atoms with E-state index in [9.17, 15) is 15.0 Å². The Balaban J connectivity index is 1.20. The van der Waals surface area contributed by atoms with Crippen LogP contribution >= 0.6 is 0 Å². The maximum Gasteiger partial charge on any atom is 0.309 e. The number of aliphatic carboxylic acids is 1. The fourth-order valence-corrected chi connectivity index (χ4v) is 14.6. The Labute approximate surface area is 511 Å². The molecule has 0 amide bonds.